The fourth-order valence-electron chi connectivity index (χ4n) is 3.08. The smallest absolute Gasteiger partial charge is 0.347 e. The maximum atomic E-state index is 12.0. The van der Waals surface area contributed by atoms with Gasteiger partial charge in [-0.05, 0) is 54.2 Å². The minimum Gasteiger partial charge on any atom is -0.479 e. The zero-order valence-corrected chi connectivity index (χ0v) is 13.7. The lowest BCUT2D eigenvalue weighted by molar-refractivity contribution is -0.151. The third kappa shape index (κ3) is 3.24. The first-order chi connectivity index (χ1) is 11.2. The summed E-state index contributed by atoms with van der Waals surface area (Å²) in [6, 6.07) is 14.5. The number of hydrogen-bond donors (Lipinski definition) is 0. The van der Waals surface area contributed by atoms with E-state index in [1.165, 1.54) is 22.3 Å². The van der Waals surface area contributed by atoms with E-state index < -0.39 is 6.10 Å². The zero-order chi connectivity index (χ0) is 16.2. The fraction of sp³-hybridized carbons (Fsp3) is 0.350. The van der Waals surface area contributed by atoms with Crippen LogP contribution in [0.15, 0.2) is 42.5 Å². The van der Waals surface area contributed by atoms with Gasteiger partial charge in [-0.25, -0.2) is 4.79 Å². The summed E-state index contributed by atoms with van der Waals surface area (Å²) in [4.78, 5) is 12.0. The van der Waals surface area contributed by atoms with Crippen LogP contribution in [0.25, 0.3) is 11.1 Å². The van der Waals surface area contributed by atoms with E-state index in [9.17, 15) is 4.79 Å². The molecule has 0 aliphatic heterocycles. The van der Waals surface area contributed by atoms with E-state index >= 15 is 0 Å². The number of ether oxygens (including phenoxy) is 2. The average Bonchev–Trinajstić information content (AvgIpc) is 2.92. The molecule has 0 radical (unpaired) electrons. The second kappa shape index (κ2) is 6.86. The van der Waals surface area contributed by atoms with Gasteiger partial charge in [0.05, 0.1) is 6.61 Å². The van der Waals surface area contributed by atoms with Crippen molar-refractivity contribution in [3.8, 4) is 16.9 Å². The van der Waals surface area contributed by atoms with Gasteiger partial charge >= 0.3 is 5.97 Å². The highest BCUT2D eigenvalue weighted by Crippen LogP contribution is 2.38. The maximum Gasteiger partial charge on any atom is 0.347 e. The molecule has 0 spiro atoms. The summed E-state index contributed by atoms with van der Waals surface area (Å²) in [5, 5.41) is 0. The van der Waals surface area contributed by atoms with E-state index in [2.05, 4.69) is 36.4 Å². The lowest BCUT2D eigenvalue weighted by Crippen LogP contribution is -2.29. The Morgan fingerprint density at radius 2 is 1.87 bits per heavy atom. The standard InChI is InChI=1S/C20H22O3/c1-3-7-19(20(21)22-4-2)23-16-10-11-18-15(13-16)12-14-8-5-6-9-17(14)18/h5-6,8-11,13,19H,3-4,7,12H2,1-2H3. The molecule has 23 heavy (non-hydrogen) atoms. The molecule has 1 unspecified atom stereocenters. The number of carbonyl (C=O) groups excluding carboxylic acids is 1. The summed E-state index contributed by atoms with van der Waals surface area (Å²) in [7, 11) is 0. The third-order valence-corrected chi connectivity index (χ3v) is 4.14. The van der Waals surface area contributed by atoms with Crippen LogP contribution in [0.3, 0.4) is 0 Å². The Bertz CT molecular complexity index is 706. The highest BCUT2D eigenvalue weighted by atomic mass is 16.6. The Labute approximate surface area is 137 Å². The van der Waals surface area contributed by atoms with Crippen molar-refractivity contribution >= 4 is 5.97 Å². The monoisotopic (exact) mass is 310 g/mol. The SMILES string of the molecule is CCCC(Oc1ccc2c(c1)Cc1ccccc1-2)C(=O)OCC. The molecular formula is C20H22O3. The number of benzene rings is 2. The Hall–Kier alpha value is -2.29. The molecule has 0 fully saturated rings. The molecule has 0 bridgehead atoms. The van der Waals surface area contributed by atoms with Crippen LogP contribution in [0.4, 0.5) is 0 Å². The van der Waals surface area contributed by atoms with Crippen LogP contribution in [-0.4, -0.2) is 18.7 Å². The minimum atomic E-state index is -0.526. The predicted octanol–water partition coefficient (Wildman–Crippen LogP) is 4.37. The number of rotatable bonds is 6. The van der Waals surface area contributed by atoms with Gasteiger partial charge in [0.2, 0.25) is 0 Å². The first-order valence-electron chi connectivity index (χ1n) is 8.27. The van der Waals surface area contributed by atoms with Crippen molar-refractivity contribution < 1.29 is 14.3 Å². The van der Waals surface area contributed by atoms with E-state index in [0.29, 0.717) is 13.0 Å². The molecule has 1 aliphatic rings. The normalized spacial score (nSPS) is 13.1. The first kappa shape index (κ1) is 15.6. The largest absolute Gasteiger partial charge is 0.479 e. The van der Waals surface area contributed by atoms with Crippen molar-refractivity contribution in [1.29, 1.82) is 0 Å². The molecule has 0 N–H and O–H groups in total. The second-order valence-corrected chi connectivity index (χ2v) is 5.80. The van der Waals surface area contributed by atoms with E-state index in [1.54, 1.807) is 0 Å². The molecule has 0 amide bonds. The quantitative estimate of drug-likeness (QED) is 0.634. The molecular weight excluding hydrogens is 288 g/mol. The van der Waals surface area contributed by atoms with Gasteiger partial charge in [0.1, 0.15) is 5.75 Å². The molecule has 1 atom stereocenters. The Morgan fingerprint density at radius 1 is 1.09 bits per heavy atom. The van der Waals surface area contributed by atoms with Crippen LogP contribution in [0.2, 0.25) is 0 Å². The van der Waals surface area contributed by atoms with E-state index in [4.69, 9.17) is 9.47 Å². The zero-order valence-electron chi connectivity index (χ0n) is 13.7. The maximum absolute atomic E-state index is 12.0. The van der Waals surface area contributed by atoms with Gasteiger partial charge in [-0.3, -0.25) is 0 Å². The van der Waals surface area contributed by atoms with Gasteiger partial charge in [0.15, 0.2) is 6.10 Å². The van der Waals surface area contributed by atoms with Crippen molar-refractivity contribution in [3.63, 3.8) is 0 Å². The van der Waals surface area contributed by atoms with Crippen LogP contribution in [0.5, 0.6) is 5.75 Å². The lowest BCUT2D eigenvalue weighted by Gasteiger charge is -2.17. The lowest BCUT2D eigenvalue weighted by atomic mass is 10.1. The summed E-state index contributed by atoms with van der Waals surface area (Å²) in [6.45, 7) is 4.23. The van der Waals surface area contributed by atoms with E-state index in [-0.39, 0.29) is 5.97 Å². The van der Waals surface area contributed by atoms with Crippen molar-refractivity contribution in [2.45, 2.75) is 39.2 Å². The summed E-state index contributed by atoms with van der Waals surface area (Å²) >= 11 is 0. The topological polar surface area (TPSA) is 35.5 Å². The number of hydrogen-bond acceptors (Lipinski definition) is 3. The number of fused-ring (bicyclic) bond motifs is 3. The molecule has 2 aromatic rings. The van der Waals surface area contributed by atoms with Gasteiger partial charge in [0.25, 0.3) is 0 Å². The van der Waals surface area contributed by atoms with Gasteiger partial charge in [0, 0.05) is 0 Å². The van der Waals surface area contributed by atoms with Crippen LogP contribution in [0, 0.1) is 0 Å². The summed E-state index contributed by atoms with van der Waals surface area (Å²) in [6.07, 6.45) is 1.93. The summed E-state index contributed by atoms with van der Waals surface area (Å²) < 4.78 is 11.0. The van der Waals surface area contributed by atoms with Gasteiger partial charge in [-0.1, -0.05) is 43.7 Å². The number of esters is 1. The summed E-state index contributed by atoms with van der Waals surface area (Å²) in [5.41, 5.74) is 5.15. The highest BCUT2D eigenvalue weighted by Gasteiger charge is 2.23. The molecule has 0 saturated heterocycles. The molecule has 3 heteroatoms. The van der Waals surface area contributed by atoms with Crippen molar-refractivity contribution in [1.82, 2.24) is 0 Å². The Kier molecular flexibility index (Phi) is 4.65. The van der Waals surface area contributed by atoms with E-state index in [1.807, 2.05) is 19.9 Å². The fourth-order valence-corrected chi connectivity index (χ4v) is 3.08. The molecule has 0 heterocycles. The molecule has 3 rings (SSSR count). The van der Waals surface area contributed by atoms with Gasteiger partial charge < -0.3 is 9.47 Å². The molecule has 0 aromatic heterocycles. The van der Waals surface area contributed by atoms with Crippen molar-refractivity contribution in [3.05, 3.63) is 53.6 Å². The van der Waals surface area contributed by atoms with E-state index in [0.717, 1.165) is 18.6 Å². The molecule has 1 aliphatic carbocycles. The first-order valence-corrected chi connectivity index (χ1v) is 8.27. The predicted molar refractivity (Wildman–Crippen MR) is 90.6 cm³/mol. The van der Waals surface area contributed by atoms with Crippen LogP contribution in [0.1, 0.15) is 37.8 Å². The highest BCUT2D eigenvalue weighted by molar-refractivity contribution is 5.78. The summed E-state index contributed by atoms with van der Waals surface area (Å²) in [5.74, 6) is 0.459. The molecule has 3 nitrogen and oxygen atoms in total. The Balaban J connectivity index is 1.80. The van der Waals surface area contributed by atoms with Crippen molar-refractivity contribution in [2.24, 2.45) is 0 Å². The number of carbonyl (C=O) groups is 1. The van der Waals surface area contributed by atoms with Crippen LogP contribution < -0.4 is 4.74 Å². The van der Waals surface area contributed by atoms with Crippen LogP contribution >= 0.6 is 0 Å². The molecule has 2 aromatic carbocycles. The molecule has 120 valence electrons. The molecule has 0 saturated carbocycles. The Morgan fingerprint density at radius 3 is 2.65 bits per heavy atom. The van der Waals surface area contributed by atoms with Gasteiger partial charge in [-0.15, -0.1) is 0 Å². The van der Waals surface area contributed by atoms with Gasteiger partial charge in [-0.2, -0.15) is 0 Å². The minimum absolute atomic E-state index is 0.280. The average molecular weight is 310 g/mol. The van der Waals surface area contributed by atoms with Crippen molar-refractivity contribution in [2.75, 3.05) is 6.61 Å². The van der Waals surface area contributed by atoms with Crippen LogP contribution in [-0.2, 0) is 16.0 Å². The second-order valence-electron chi connectivity index (χ2n) is 5.80. The third-order valence-electron chi connectivity index (χ3n) is 4.14.